The number of pyridine rings is 1. The number of methoxy groups -OCH3 is 1. The van der Waals surface area contributed by atoms with Crippen molar-refractivity contribution in [2.45, 2.75) is 0 Å². The molecule has 0 unspecified atom stereocenters. The molecule has 2 rings (SSSR count). The van der Waals surface area contributed by atoms with Crippen molar-refractivity contribution < 1.29 is 13.9 Å². The first-order valence-electron chi connectivity index (χ1n) is 5.57. The fourth-order valence-electron chi connectivity index (χ4n) is 1.58. The molecule has 0 atom stereocenters. The lowest BCUT2D eigenvalue weighted by atomic mass is 10.2. The van der Waals surface area contributed by atoms with Gasteiger partial charge in [0.05, 0.1) is 30.2 Å². The number of halogens is 2. The molecule has 104 valence electrons. The second-order valence-corrected chi connectivity index (χ2v) is 4.26. The summed E-state index contributed by atoms with van der Waals surface area (Å²) in [4.78, 5) is 15.9. The van der Waals surface area contributed by atoms with Crippen molar-refractivity contribution in [2.75, 3.05) is 18.2 Å². The number of carbonyl (C=O) groups is 1. The van der Waals surface area contributed by atoms with Gasteiger partial charge < -0.3 is 15.8 Å². The highest BCUT2D eigenvalue weighted by atomic mass is 35.5. The molecule has 1 heterocycles. The van der Waals surface area contributed by atoms with E-state index in [1.165, 1.54) is 31.5 Å². The van der Waals surface area contributed by atoms with Gasteiger partial charge in [-0.2, -0.15) is 0 Å². The normalized spacial score (nSPS) is 10.2. The van der Waals surface area contributed by atoms with Gasteiger partial charge in [-0.1, -0.05) is 11.6 Å². The van der Waals surface area contributed by atoms with E-state index in [4.69, 9.17) is 22.1 Å². The molecule has 1 aromatic heterocycles. The Kier molecular flexibility index (Phi) is 4.05. The van der Waals surface area contributed by atoms with Crippen LogP contribution in [-0.2, 0) is 0 Å². The first kappa shape index (κ1) is 14.1. The maximum Gasteiger partial charge on any atom is 0.258 e. The number of nitrogens with one attached hydrogen (secondary N) is 1. The summed E-state index contributed by atoms with van der Waals surface area (Å²) in [5.41, 5.74) is 6.31. The van der Waals surface area contributed by atoms with E-state index in [9.17, 15) is 9.18 Å². The Balaban J connectivity index is 2.30. The van der Waals surface area contributed by atoms with Gasteiger partial charge in [0.15, 0.2) is 0 Å². The third kappa shape index (κ3) is 2.97. The second kappa shape index (κ2) is 5.75. The van der Waals surface area contributed by atoms with Gasteiger partial charge in [0.1, 0.15) is 16.7 Å². The number of benzene rings is 1. The number of nitrogens with two attached hydrogens (primary N) is 1. The van der Waals surface area contributed by atoms with E-state index < -0.39 is 11.7 Å². The number of nitrogens with zero attached hydrogens (tertiary/aromatic N) is 1. The maximum absolute atomic E-state index is 13.1. The van der Waals surface area contributed by atoms with Crippen molar-refractivity contribution in [1.29, 1.82) is 0 Å². The molecule has 2 aromatic rings. The Morgan fingerprint density at radius 2 is 2.20 bits per heavy atom. The third-order valence-electron chi connectivity index (χ3n) is 2.52. The van der Waals surface area contributed by atoms with Gasteiger partial charge >= 0.3 is 0 Å². The summed E-state index contributed by atoms with van der Waals surface area (Å²) in [6, 6.07) is 5.16. The van der Waals surface area contributed by atoms with Crippen LogP contribution in [0.4, 0.5) is 15.8 Å². The molecule has 7 heteroatoms. The molecule has 0 spiro atoms. The molecule has 0 fully saturated rings. The summed E-state index contributed by atoms with van der Waals surface area (Å²) >= 11 is 5.84. The van der Waals surface area contributed by atoms with Crippen LogP contribution in [0.5, 0.6) is 5.75 Å². The monoisotopic (exact) mass is 295 g/mol. The minimum atomic E-state index is -0.514. The minimum Gasteiger partial charge on any atom is -0.494 e. The molecule has 20 heavy (non-hydrogen) atoms. The number of hydrogen-bond donors (Lipinski definition) is 2. The van der Waals surface area contributed by atoms with E-state index in [1.54, 1.807) is 0 Å². The summed E-state index contributed by atoms with van der Waals surface area (Å²) in [6.45, 7) is 0. The topological polar surface area (TPSA) is 77.2 Å². The average molecular weight is 296 g/mol. The second-order valence-electron chi connectivity index (χ2n) is 3.91. The van der Waals surface area contributed by atoms with Crippen LogP contribution in [0.2, 0.25) is 5.15 Å². The first-order valence-corrected chi connectivity index (χ1v) is 5.95. The van der Waals surface area contributed by atoms with E-state index in [2.05, 4.69) is 10.3 Å². The number of rotatable bonds is 3. The summed E-state index contributed by atoms with van der Waals surface area (Å²) in [6.07, 6.45) is 1.34. The summed E-state index contributed by atoms with van der Waals surface area (Å²) < 4.78 is 18.1. The molecule has 0 bridgehead atoms. The average Bonchev–Trinajstić information content (AvgIpc) is 2.43. The Bertz CT molecular complexity index is 664. The molecular weight excluding hydrogens is 285 g/mol. The Hall–Kier alpha value is -2.34. The SMILES string of the molecule is COc1cc(F)ccc1NC(=O)c1cc(N)cnc1Cl. The van der Waals surface area contributed by atoms with Gasteiger partial charge in [0.25, 0.3) is 5.91 Å². The fraction of sp³-hybridized carbons (Fsp3) is 0.0769. The first-order chi connectivity index (χ1) is 9.51. The Labute approximate surface area is 119 Å². The molecule has 5 nitrogen and oxygen atoms in total. The summed E-state index contributed by atoms with van der Waals surface area (Å²) in [5.74, 6) is -0.783. The fourth-order valence-corrected chi connectivity index (χ4v) is 1.77. The molecule has 0 aliphatic carbocycles. The number of aromatic nitrogens is 1. The molecule has 3 N–H and O–H groups in total. The van der Waals surface area contributed by atoms with E-state index in [-0.39, 0.29) is 16.5 Å². The Morgan fingerprint density at radius 3 is 2.90 bits per heavy atom. The van der Waals surface area contributed by atoms with E-state index in [1.807, 2.05) is 0 Å². The largest absolute Gasteiger partial charge is 0.494 e. The lowest BCUT2D eigenvalue weighted by Crippen LogP contribution is -2.14. The van der Waals surface area contributed by atoms with E-state index in [0.29, 0.717) is 11.4 Å². The van der Waals surface area contributed by atoms with Crippen molar-refractivity contribution in [3.05, 3.63) is 47.0 Å². The maximum atomic E-state index is 13.1. The van der Waals surface area contributed by atoms with Crippen molar-refractivity contribution in [1.82, 2.24) is 4.98 Å². The minimum absolute atomic E-state index is 0.0257. The van der Waals surface area contributed by atoms with Gasteiger partial charge in [-0.05, 0) is 18.2 Å². The number of carbonyl (C=O) groups excluding carboxylic acids is 1. The zero-order chi connectivity index (χ0) is 14.7. The van der Waals surface area contributed by atoms with Crippen LogP contribution in [0.15, 0.2) is 30.5 Å². The standard InChI is InChI=1S/C13H11ClFN3O2/c1-20-11-4-7(15)2-3-10(11)18-13(19)9-5-8(16)6-17-12(9)14/h2-6H,16H2,1H3,(H,18,19). The molecule has 0 saturated carbocycles. The van der Waals surface area contributed by atoms with Crippen LogP contribution in [0, 0.1) is 5.82 Å². The lowest BCUT2D eigenvalue weighted by molar-refractivity contribution is 0.102. The van der Waals surface area contributed by atoms with Crippen molar-refractivity contribution in [3.63, 3.8) is 0 Å². The van der Waals surface area contributed by atoms with Crippen molar-refractivity contribution in [2.24, 2.45) is 0 Å². The zero-order valence-electron chi connectivity index (χ0n) is 10.5. The van der Waals surface area contributed by atoms with Gasteiger partial charge in [-0.25, -0.2) is 9.37 Å². The van der Waals surface area contributed by atoms with Gasteiger partial charge in [0.2, 0.25) is 0 Å². The number of nitrogen functional groups attached to an aromatic ring is 1. The number of hydrogen-bond acceptors (Lipinski definition) is 4. The molecule has 1 amide bonds. The smallest absolute Gasteiger partial charge is 0.258 e. The molecule has 0 saturated heterocycles. The summed E-state index contributed by atoms with van der Waals surface area (Å²) in [5, 5.41) is 2.59. The molecule has 0 radical (unpaired) electrons. The van der Waals surface area contributed by atoms with Gasteiger partial charge in [-0.15, -0.1) is 0 Å². The van der Waals surface area contributed by atoms with Crippen molar-refractivity contribution >= 4 is 28.9 Å². The summed E-state index contributed by atoms with van der Waals surface area (Å²) in [7, 11) is 1.37. The molecule has 1 aromatic carbocycles. The van der Waals surface area contributed by atoms with Gasteiger partial charge in [-0.3, -0.25) is 4.79 Å². The highest BCUT2D eigenvalue weighted by Crippen LogP contribution is 2.26. The van der Waals surface area contributed by atoms with Crippen molar-refractivity contribution in [3.8, 4) is 5.75 Å². The predicted molar refractivity (Wildman–Crippen MR) is 74.6 cm³/mol. The van der Waals surface area contributed by atoms with Crippen LogP contribution >= 0.6 is 11.6 Å². The van der Waals surface area contributed by atoms with Crippen LogP contribution in [-0.4, -0.2) is 18.0 Å². The van der Waals surface area contributed by atoms with Crippen LogP contribution < -0.4 is 15.8 Å². The highest BCUT2D eigenvalue weighted by Gasteiger charge is 2.14. The predicted octanol–water partition coefficient (Wildman–Crippen LogP) is 2.72. The van der Waals surface area contributed by atoms with Crippen LogP contribution in [0.25, 0.3) is 0 Å². The number of ether oxygens (including phenoxy) is 1. The van der Waals surface area contributed by atoms with Crippen LogP contribution in [0.3, 0.4) is 0 Å². The molecule has 0 aliphatic rings. The molecule has 0 aliphatic heterocycles. The zero-order valence-corrected chi connectivity index (χ0v) is 11.2. The third-order valence-corrected chi connectivity index (χ3v) is 2.82. The van der Waals surface area contributed by atoms with E-state index in [0.717, 1.165) is 6.07 Å². The quantitative estimate of drug-likeness (QED) is 0.854. The highest BCUT2D eigenvalue weighted by molar-refractivity contribution is 6.33. The molecular formula is C13H11ClFN3O2. The van der Waals surface area contributed by atoms with E-state index >= 15 is 0 Å². The number of anilines is 2. The lowest BCUT2D eigenvalue weighted by Gasteiger charge is -2.11. The van der Waals surface area contributed by atoms with Gasteiger partial charge in [0, 0.05) is 6.07 Å². The Morgan fingerprint density at radius 1 is 1.45 bits per heavy atom. The number of amides is 1. The van der Waals surface area contributed by atoms with Crippen LogP contribution in [0.1, 0.15) is 10.4 Å².